The quantitative estimate of drug-likeness (QED) is 0.806. The third-order valence-electron chi connectivity index (χ3n) is 2.04. The van der Waals surface area contributed by atoms with Gasteiger partial charge in [-0.2, -0.15) is 0 Å². The summed E-state index contributed by atoms with van der Waals surface area (Å²) in [5.41, 5.74) is 0.223. The summed E-state index contributed by atoms with van der Waals surface area (Å²) in [6.45, 7) is 1.90. The SMILES string of the molecule is CCCC(=O)c1cc(Cl)cc(OC)c1O. The van der Waals surface area contributed by atoms with Crippen molar-refractivity contribution in [3.05, 3.63) is 22.7 Å². The Morgan fingerprint density at radius 1 is 1.53 bits per heavy atom. The Kier molecular flexibility index (Phi) is 3.97. The van der Waals surface area contributed by atoms with E-state index >= 15 is 0 Å². The molecular weight excluding hydrogens is 216 g/mol. The van der Waals surface area contributed by atoms with E-state index in [1.54, 1.807) is 0 Å². The Bertz CT molecular complexity index is 374. The smallest absolute Gasteiger partial charge is 0.168 e. The number of halogens is 1. The normalized spacial score (nSPS) is 10.1. The molecule has 0 spiro atoms. The highest BCUT2D eigenvalue weighted by molar-refractivity contribution is 6.31. The van der Waals surface area contributed by atoms with E-state index in [1.807, 2.05) is 6.92 Å². The molecule has 0 aliphatic heterocycles. The number of methoxy groups -OCH3 is 1. The maximum atomic E-state index is 11.6. The zero-order valence-corrected chi connectivity index (χ0v) is 9.47. The number of phenols is 1. The van der Waals surface area contributed by atoms with Gasteiger partial charge in [-0.1, -0.05) is 18.5 Å². The highest BCUT2D eigenvalue weighted by Gasteiger charge is 2.15. The van der Waals surface area contributed by atoms with Crippen molar-refractivity contribution in [2.45, 2.75) is 19.8 Å². The van der Waals surface area contributed by atoms with Gasteiger partial charge in [-0.05, 0) is 12.5 Å². The molecule has 0 unspecified atom stereocenters. The van der Waals surface area contributed by atoms with Crippen molar-refractivity contribution in [1.29, 1.82) is 0 Å². The van der Waals surface area contributed by atoms with Crippen LogP contribution in [-0.2, 0) is 0 Å². The van der Waals surface area contributed by atoms with Crippen molar-refractivity contribution >= 4 is 17.4 Å². The molecule has 0 radical (unpaired) electrons. The zero-order valence-electron chi connectivity index (χ0n) is 8.71. The summed E-state index contributed by atoms with van der Waals surface area (Å²) in [6, 6.07) is 2.93. The molecule has 0 aromatic heterocycles. The van der Waals surface area contributed by atoms with Gasteiger partial charge in [0.2, 0.25) is 0 Å². The first kappa shape index (κ1) is 11.9. The van der Waals surface area contributed by atoms with Crippen LogP contribution in [0.5, 0.6) is 11.5 Å². The van der Waals surface area contributed by atoms with Gasteiger partial charge in [-0.25, -0.2) is 0 Å². The standard InChI is InChI=1S/C11H13ClO3/c1-3-4-9(13)8-5-7(12)6-10(15-2)11(8)14/h5-6,14H,3-4H2,1-2H3. The summed E-state index contributed by atoms with van der Waals surface area (Å²) >= 11 is 5.80. The van der Waals surface area contributed by atoms with Crippen LogP contribution in [0.1, 0.15) is 30.1 Å². The topological polar surface area (TPSA) is 46.5 Å². The Hall–Kier alpha value is -1.22. The fourth-order valence-electron chi connectivity index (χ4n) is 1.30. The van der Waals surface area contributed by atoms with Crippen LogP contribution < -0.4 is 4.74 Å². The van der Waals surface area contributed by atoms with Crippen molar-refractivity contribution in [3.8, 4) is 11.5 Å². The lowest BCUT2D eigenvalue weighted by Crippen LogP contribution is -2.00. The summed E-state index contributed by atoms with van der Waals surface area (Å²) in [5, 5.41) is 10.1. The Morgan fingerprint density at radius 3 is 2.73 bits per heavy atom. The van der Waals surface area contributed by atoms with Gasteiger partial charge in [0, 0.05) is 17.5 Å². The molecule has 3 nitrogen and oxygen atoms in total. The van der Waals surface area contributed by atoms with Crippen molar-refractivity contribution in [2.75, 3.05) is 7.11 Å². The van der Waals surface area contributed by atoms with Gasteiger partial charge in [0.05, 0.1) is 12.7 Å². The molecule has 0 amide bonds. The fraction of sp³-hybridized carbons (Fsp3) is 0.364. The molecule has 0 heterocycles. The molecule has 0 fully saturated rings. The van der Waals surface area contributed by atoms with E-state index < -0.39 is 0 Å². The summed E-state index contributed by atoms with van der Waals surface area (Å²) in [5.74, 6) is -0.0434. The van der Waals surface area contributed by atoms with Gasteiger partial charge < -0.3 is 9.84 Å². The first-order chi connectivity index (χ1) is 7.10. The highest BCUT2D eigenvalue weighted by Crippen LogP contribution is 2.34. The summed E-state index contributed by atoms with van der Waals surface area (Å²) in [6.07, 6.45) is 1.12. The first-order valence-corrected chi connectivity index (χ1v) is 5.07. The molecule has 0 saturated carbocycles. The molecular formula is C11H13ClO3. The lowest BCUT2D eigenvalue weighted by molar-refractivity contribution is 0.0978. The lowest BCUT2D eigenvalue weighted by Gasteiger charge is -2.08. The van der Waals surface area contributed by atoms with E-state index in [-0.39, 0.29) is 22.8 Å². The second-order valence-electron chi connectivity index (χ2n) is 3.18. The minimum atomic E-state index is -0.139. The molecule has 82 valence electrons. The van der Waals surface area contributed by atoms with Crippen LogP contribution in [0.4, 0.5) is 0 Å². The molecule has 4 heteroatoms. The first-order valence-electron chi connectivity index (χ1n) is 4.69. The maximum absolute atomic E-state index is 11.6. The molecule has 1 aromatic rings. The Labute approximate surface area is 93.6 Å². The highest BCUT2D eigenvalue weighted by atomic mass is 35.5. The minimum absolute atomic E-state index is 0.129. The molecule has 0 saturated heterocycles. The van der Waals surface area contributed by atoms with Gasteiger partial charge in [-0.15, -0.1) is 0 Å². The van der Waals surface area contributed by atoms with Crippen LogP contribution in [0.2, 0.25) is 5.02 Å². The number of ether oxygens (including phenoxy) is 1. The second kappa shape index (κ2) is 5.03. The van der Waals surface area contributed by atoms with E-state index in [1.165, 1.54) is 19.2 Å². The number of carbonyl (C=O) groups is 1. The van der Waals surface area contributed by atoms with Crippen molar-refractivity contribution in [1.82, 2.24) is 0 Å². The predicted octanol–water partition coefficient (Wildman–Crippen LogP) is 3.04. The number of hydrogen-bond acceptors (Lipinski definition) is 3. The van der Waals surface area contributed by atoms with Crippen LogP contribution in [-0.4, -0.2) is 18.0 Å². The number of ketones is 1. The van der Waals surface area contributed by atoms with Crippen molar-refractivity contribution < 1.29 is 14.6 Å². The third-order valence-corrected chi connectivity index (χ3v) is 2.26. The van der Waals surface area contributed by atoms with Crippen molar-refractivity contribution in [2.24, 2.45) is 0 Å². The molecule has 1 aromatic carbocycles. The van der Waals surface area contributed by atoms with Gasteiger partial charge >= 0.3 is 0 Å². The average molecular weight is 229 g/mol. The summed E-state index contributed by atoms with van der Waals surface area (Å²) < 4.78 is 4.91. The summed E-state index contributed by atoms with van der Waals surface area (Å²) in [7, 11) is 1.42. The maximum Gasteiger partial charge on any atom is 0.168 e. The molecule has 1 N–H and O–H groups in total. The number of aromatic hydroxyl groups is 1. The van der Waals surface area contributed by atoms with Crippen LogP contribution in [0.15, 0.2) is 12.1 Å². The van der Waals surface area contributed by atoms with E-state index in [2.05, 4.69) is 0 Å². The predicted molar refractivity (Wildman–Crippen MR) is 58.9 cm³/mol. The number of benzene rings is 1. The van der Waals surface area contributed by atoms with Gasteiger partial charge in [0.15, 0.2) is 17.3 Å². The largest absolute Gasteiger partial charge is 0.504 e. The number of rotatable bonds is 4. The minimum Gasteiger partial charge on any atom is -0.504 e. The number of Topliss-reactive ketones (excluding diaryl/α,β-unsaturated/α-hetero) is 1. The number of carbonyl (C=O) groups excluding carboxylic acids is 1. The molecule has 0 atom stereocenters. The van der Waals surface area contributed by atoms with E-state index in [9.17, 15) is 9.90 Å². The molecule has 0 aliphatic carbocycles. The average Bonchev–Trinajstić information content (AvgIpc) is 2.21. The lowest BCUT2D eigenvalue weighted by atomic mass is 10.1. The van der Waals surface area contributed by atoms with E-state index in [4.69, 9.17) is 16.3 Å². The van der Waals surface area contributed by atoms with Gasteiger partial charge in [0.1, 0.15) is 0 Å². The molecule has 0 bridgehead atoms. The molecule has 1 rings (SSSR count). The zero-order chi connectivity index (χ0) is 11.4. The monoisotopic (exact) mass is 228 g/mol. The second-order valence-corrected chi connectivity index (χ2v) is 3.61. The van der Waals surface area contributed by atoms with Crippen molar-refractivity contribution in [3.63, 3.8) is 0 Å². The Morgan fingerprint density at radius 2 is 2.20 bits per heavy atom. The van der Waals surface area contributed by atoms with Gasteiger partial charge in [-0.3, -0.25) is 4.79 Å². The Balaban J connectivity index is 3.17. The van der Waals surface area contributed by atoms with Crippen LogP contribution in [0.3, 0.4) is 0 Å². The van der Waals surface area contributed by atoms with Crippen LogP contribution in [0, 0.1) is 0 Å². The summed E-state index contributed by atoms with van der Waals surface area (Å²) in [4.78, 5) is 11.6. The van der Waals surface area contributed by atoms with E-state index in [0.717, 1.165) is 6.42 Å². The number of hydrogen-bond donors (Lipinski definition) is 1. The fourth-order valence-corrected chi connectivity index (χ4v) is 1.51. The van der Waals surface area contributed by atoms with Gasteiger partial charge in [0.25, 0.3) is 0 Å². The molecule has 0 aliphatic rings. The van der Waals surface area contributed by atoms with Crippen LogP contribution >= 0.6 is 11.6 Å². The molecule has 15 heavy (non-hydrogen) atoms. The van der Waals surface area contributed by atoms with Crippen LogP contribution in [0.25, 0.3) is 0 Å². The van der Waals surface area contributed by atoms with E-state index in [0.29, 0.717) is 11.4 Å². The third kappa shape index (κ3) is 2.63. The number of phenolic OH excluding ortho intramolecular Hbond substituents is 1.